The van der Waals surface area contributed by atoms with E-state index in [0.717, 1.165) is 11.1 Å². The van der Waals surface area contributed by atoms with E-state index in [1.54, 1.807) is 41.9 Å². The molecule has 0 aliphatic carbocycles. The lowest BCUT2D eigenvalue weighted by atomic mass is 10.1. The Bertz CT molecular complexity index is 1150. The second kappa shape index (κ2) is 8.83. The summed E-state index contributed by atoms with van der Waals surface area (Å²) in [5.74, 6) is 0.396. The van der Waals surface area contributed by atoms with Crippen molar-refractivity contribution in [3.63, 3.8) is 0 Å². The fourth-order valence-corrected chi connectivity index (χ4v) is 3.54. The van der Waals surface area contributed by atoms with Gasteiger partial charge in [0.2, 0.25) is 11.8 Å². The molecule has 9 heteroatoms. The first-order valence-corrected chi connectivity index (χ1v) is 9.96. The molecule has 0 amide bonds. The molecule has 0 aliphatic rings. The minimum absolute atomic E-state index is 0.194. The summed E-state index contributed by atoms with van der Waals surface area (Å²) in [4.78, 5) is 17.5. The van der Waals surface area contributed by atoms with Gasteiger partial charge in [0, 0.05) is 30.1 Å². The molecule has 0 unspecified atom stereocenters. The number of benzene rings is 1. The van der Waals surface area contributed by atoms with Crippen LogP contribution in [0.5, 0.6) is 11.9 Å². The molecule has 4 aromatic rings. The van der Waals surface area contributed by atoms with E-state index in [9.17, 15) is 4.39 Å². The third-order valence-electron chi connectivity index (χ3n) is 4.38. The van der Waals surface area contributed by atoms with Gasteiger partial charge in [-0.15, -0.1) is 0 Å². The number of aromatic nitrogens is 4. The maximum absolute atomic E-state index is 13.9. The fraction of sp³-hybridized carbons (Fsp3) is 0.143. The fourth-order valence-electron chi connectivity index (χ4n) is 2.88. The lowest BCUT2D eigenvalue weighted by molar-refractivity contribution is 0.353. The molecule has 1 aromatic carbocycles. The maximum Gasteiger partial charge on any atom is 0.319 e. The van der Waals surface area contributed by atoms with E-state index in [4.69, 9.17) is 9.47 Å². The van der Waals surface area contributed by atoms with Gasteiger partial charge in [-0.1, -0.05) is 18.2 Å². The van der Waals surface area contributed by atoms with Crippen LogP contribution in [0.15, 0.2) is 53.5 Å². The van der Waals surface area contributed by atoms with Gasteiger partial charge < -0.3 is 14.8 Å². The SMILES string of the molecule is COc1ncc(-c2nc(NCc3ccccc3F)ncc2-c2ccsc2)c(OC)n1. The molecule has 7 nitrogen and oxygen atoms in total. The third kappa shape index (κ3) is 4.06. The Labute approximate surface area is 176 Å². The lowest BCUT2D eigenvalue weighted by Crippen LogP contribution is -2.07. The van der Waals surface area contributed by atoms with Crippen LogP contribution in [0.2, 0.25) is 0 Å². The van der Waals surface area contributed by atoms with Crippen molar-refractivity contribution >= 4 is 17.3 Å². The predicted octanol–water partition coefficient (Wildman–Crippen LogP) is 4.43. The lowest BCUT2D eigenvalue weighted by Gasteiger charge is -2.13. The molecule has 0 radical (unpaired) electrons. The van der Waals surface area contributed by atoms with Crippen LogP contribution in [0.3, 0.4) is 0 Å². The largest absolute Gasteiger partial charge is 0.480 e. The number of anilines is 1. The van der Waals surface area contributed by atoms with Gasteiger partial charge in [-0.2, -0.15) is 16.3 Å². The van der Waals surface area contributed by atoms with Crippen molar-refractivity contribution < 1.29 is 13.9 Å². The first kappa shape index (κ1) is 19.7. The summed E-state index contributed by atoms with van der Waals surface area (Å²) in [7, 11) is 3.01. The minimum Gasteiger partial charge on any atom is -0.480 e. The van der Waals surface area contributed by atoms with Crippen LogP contribution < -0.4 is 14.8 Å². The first-order valence-electron chi connectivity index (χ1n) is 9.02. The van der Waals surface area contributed by atoms with Crippen molar-refractivity contribution in [1.82, 2.24) is 19.9 Å². The zero-order valence-electron chi connectivity index (χ0n) is 16.3. The summed E-state index contributed by atoms with van der Waals surface area (Å²) in [6.45, 7) is 0.250. The molecule has 152 valence electrons. The van der Waals surface area contributed by atoms with Gasteiger partial charge in [0.1, 0.15) is 5.82 Å². The highest BCUT2D eigenvalue weighted by Crippen LogP contribution is 2.36. The van der Waals surface area contributed by atoms with Crippen molar-refractivity contribution in [3.05, 3.63) is 64.9 Å². The highest BCUT2D eigenvalue weighted by Gasteiger charge is 2.18. The van der Waals surface area contributed by atoms with Crippen LogP contribution in [0.4, 0.5) is 10.3 Å². The standard InChI is InChI=1S/C21H18FN5O2S/c1-28-19-16(11-25-21(27-19)29-2)18-15(14-7-8-30-12-14)10-24-20(26-18)23-9-13-5-3-4-6-17(13)22/h3-8,10-12H,9H2,1-2H3,(H,23,24,26). The Morgan fingerprint density at radius 1 is 1.00 bits per heavy atom. The number of thiophene rings is 1. The molecule has 0 saturated heterocycles. The number of ether oxygens (including phenoxy) is 2. The van der Waals surface area contributed by atoms with E-state index in [0.29, 0.717) is 28.6 Å². The van der Waals surface area contributed by atoms with Crippen molar-refractivity contribution in [2.45, 2.75) is 6.54 Å². The number of hydrogen-bond acceptors (Lipinski definition) is 8. The molecule has 3 aromatic heterocycles. The summed E-state index contributed by atoms with van der Waals surface area (Å²) in [6.07, 6.45) is 3.32. The zero-order valence-corrected chi connectivity index (χ0v) is 17.1. The van der Waals surface area contributed by atoms with Crippen molar-refractivity contribution in [2.24, 2.45) is 0 Å². The molecular formula is C21H18FN5O2S. The predicted molar refractivity (Wildman–Crippen MR) is 113 cm³/mol. The average molecular weight is 423 g/mol. The Morgan fingerprint density at radius 2 is 1.83 bits per heavy atom. The van der Waals surface area contributed by atoms with Crippen LogP contribution in [0.25, 0.3) is 22.4 Å². The van der Waals surface area contributed by atoms with Crippen molar-refractivity contribution in [2.75, 3.05) is 19.5 Å². The number of nitrogens with one attached hydrogen (secondary N) is 1. The normalized spacial score (nSPS) is 10.6. The monoisotopic (exact) mass is 423 g/mol. The van der Waals surface area contributed by atoms with Gasteiger partial charge >= 0.3 is 6.01 Å². The molecule has 3 heterocycles. The van der Waals surface area contributed by atoms with Gasteiger partial charge in [0.25, 0.3) is 0 Å². The molecule has 0 saturated carbocycles. The second-order valence-corrected chi connectivity index (χ2v) is 6.97. The molecular weight excluding hydrogens is 405 g/mol. The molecule has 0 spiro atoms. The zero-order chi connectivity index (χ0) is 20.9. The highest BCUT2D eigenvalue weighted by atomic mass is 32.1. The highest BCUT2D eigenvalue weighted by molar-refractivity contribution is 7.08. The van der Waals surface area contributed by atoms with Gasteiger partial charge in [-0.3, -0.25) is 0 Å². The van der Waals surface area contributed by atoms with E-state index in [2.05, 4.69) is 25.3 Å². The Hall–Kier alpha value is -3.59. The molecule has 0 fully saturated rings. The van der Waals surface area contributed by atoms with Crippen molar-refractivity contribution in [3.8, 4) is 34.3 Å². The Kier molecular flexibility index (Phi) is 5.80. The third-order valence-corrected chi connectivity index (χ3v) is 5.06. The van der Waals surface area contributed by atoms with Crippen molar-refractivity contribution in [1.29, 1.82) is 0 Å². The van der Waals surface area contributed by atoms with E-state index in [1.807, 2.05) is 16.8 Å². The number of methoxy groups -OCH3 is 2. The van der Waals surface area contributed by atoms with E-state index >= 15 is 0 Å². The summed E-state index contributed by atoms with van der Waals surface area (Å²) in [5.41, 5.74) is 3.48. The van der Waals surface area contributed by atoms with Gasteiger partial charge in [-0.25, -0.2) is 19.3 Å². The number of rotatable bonds is 7. The quantitative estimate of drug-likeness (QED) is 0.471. The molecule has 4 rings (SSSR count). The topological polar surface area (TPSA) is 82.1 Å². The number of hydrogen-bond donors (Lipinski definition) is 1. The molecule has 0 bridgehead atoms. The summed E-state index contributed by atoms with van der Waals surface area (Å²) >= 11 is 1.57. The number of nitrogens with zero attached hydrogens (tertiary/aromatic N) is 4. The molecule has 0 atom stereocenters. The van der Waals surface area contributed by atoms with Gasteiger partial charge in [-0.05, 0) is 28.5 Å². The van der Waals surface area contributed by atoms with Crippen LogP contribution >= 0.6 is 11.3 Å². The number of halogens is 1. The molecule has 1 N–H and O–H groups in total. The van der Waals surface area contributed by atoms with Gasteiger partial charge in [0.15, 0.2) is 0 Å². The van der Waals surface area contributed by atoms with Crippen LogP contribution in [0.1, 0.15) is 5.56 Å². The Balaban J connectivity index is 1.75. The van der Waals surface area contributed by atoms with E-state index < -0.39 is 0 Å². The second-order valence-electron chi connectivity index (χ2n) is 6.19. The van der Waals surface area contributed by atoms with Crippen LogP contribution in [-0.4, -0.2) is 34.2 Å². The molecule has 30 heavy (non-hydrogen) atoms. The maximum atomic E-state index is 13.9. The average Bonchev–Trinajstić information content (AvgIpc) is 3.32. The first-order chi connectivity index (χ1) is 14.7. The van der Waals surface area contributed by atoms with Gasteiger partial charge in [0.05, 0.1) is 25.5 Å². The summed E-state index contributed by atoms with van der Waals surface area (Å²) in [6, 6.07) is 8.74. The summed E-state index contributed by atoms with van der Waals surface area (Å²) in [5, 5.41) is 7.06. The molecule has 0 aliphatic heterocycles. The Morgan fingerprint density at radius 3 is 2.57 bits per heavy atom. The van der Waals surface area contributed by atoms with Crippen LogP contribution in [0, 0.1) is 5.82 Å². The summed E-state index contributed by atoms with van der Waals surface area (Å²) < 4.78 is 24.5. The van der Waals surface area contributed by atoms with E-state index in [-0.39, 0.29) is 18.4 Å². The smallest absolute Gasteiger partial charge is 0.319 e. The van der Waals surface area contributed by atoms with Crippen LogP contribution in [-0.2, 0) is 6.54 Å². The van der Waals surface area contributed by atoms with E-state index in [1.165, 1.54) is 20.3 Å². The minimum atomic E-state index is -0.287.